The number of H-pyrrole nitrogens is 1. The van der Waals surface area contributed by atoms with Gasteiger partial charge in [0.05, 0.1) is 10.9 Å². The van der Waals surface area contributed by atoms with E-state index < -0.39 is 11.1 Å². The molecule has 5 heteroatoms. The van der Waals surface area contributed by atoms with E-state index in [-0.39, 0.29) is 22.2 Å². The molecule has 0 aliphatic carbocycles. The molecule has 0 aliphatic rings. The summed E-state index contributed by atoms with van der Waals surface area (Å²) >= 11 is 0. The highest BCUT2D eigenvalue weighted by molar-refractivity contribution is 6.05. The molecule has 0 saturated carbocycles. The number of Topliss-reactive ketones (excluding diaryl/α,β-unsaturated/α-hetero) is 1. The maximum atomic E-state index is 12.3. The largest absolute Gasteiger partial charge is 0.421 e. The normalized spacial score (nSPS) is 11.0. The number of hydrogen-bond acceptors (Lipinski definition) is 4. The summed E-state index contributed by atoms with van der Waals surface area (Å²) in [6, 6.07) is 6.73. The van der Waals surface area contributed by atoms with E-state index in [4.69, 9.17) is 4.42 Å². The first-order valence-electron chi connectivity index (χ1n) is 5.68. The first kappa shape index (κ1) is 11.4. The Morgan fingerprint density at radius 2 is 1.95 bits per heavy atom. The quantitative estimate of drug-likeness (QED) is 0.408. The summed E-state index contributed by atoms with van der Waals surface area (Å²) in [6.45, 7) is 1.31. The molecule has 3 aromatic rings. The van der Waals surface area contributed by atoms with E-state index in [1.165, 1.54) is 13.1 Å². The molecule has 3 rings (SSSR count). The Labute approximate surface area is 106 Å². The molecule has 0 unspecified atom stereocenters. The van der Waals surface area contributed by atoms with Gasteiger partial charge >= 0.3 is 5.63 Å². The fraction of sp³-hybridized carbons (Fsp3) is 0.0714. The van der Waals surface area contributed by atoms with E-state index in [0.29, 0.717) is 11.0 Å². The van der Waals surface area contributed by atoms with Crippen molar-refractivity contribution in [2.45, 2.75) is 6.92 Å². The Hall–Kier alpha value is -2.69. The van der Waals surface area contributed by atoms with Gasteiger partial charge in [-0.3, -0.25) is 9.59 Å². The molecule has 1 aromatic carbocycles. The molecule has 0 aliphatic heterocycles. The summed E-state index contributed by atoms with van der Waals surface area (Å²) in [7, 11) is 0. The highest BCUT2D eigenvalue weighted by atomic mass is 16.4. The second kappa shape index (κ2) is 3.91. The van der Waals surface area contributed by atoms with E-state index >= 15 is 0 Å². The number of carbonyl (C=O) groups is 1. The van der Waals surface area contributed by atoms with Gasteiger partial charge in [0.2, 0.25) is 5.43 Å². The number of nitrogens with one attached hydrogen (secondary N) is 1. The van der Waals surface area contributed by atoms with E-state index in [2.05, 4.69) is 4.98 Å². The monoisotopic (exact) mass is 255 g/mol. The fourth-order valence-electron chi connectivity index (χ4n) is 2.12. The van der Waals surface area contributed by atoms with E-state index in [0.717, 1.165) is 0 Å². The number of pyridine rings is 1. The third-order valence-corrected chi connectivity index (χ3v) is 3.03. The zero-order chi connectivity index (χ0) is 13.6. The van der Waals surface area contributed by atoms with Crippen molar-refractivity contribution in [2.24, 2.45) is 0 Å². The lowest BCUT2D eigenvalue weighted by atomic mass is 10.1. The van der Waals surface area contributed by atoms with Crippen molar-refractivity contribution in [3.8, 4) is 0 Å². The summed E-state index contributed by atoms with van der Waals surface area (Å²) < 4.78 is 5.12. The average molecular weight is 255 g/mol. The molecular weight excluding hydrogens is 246 g/mol. The predicted octanol–water partition coefficient (Wildman–Crippen LogP) is 1.84. The number of benzene rings is 1. The number of aromatic nitrogens is 1. The number of rotatable bonds is 1. The third-order valence-electron chi connectivity index (χ3n) is 3.03. The average Bonchev–Trinajstić information content (AvgIpc) is 2.38. The molecule has 19 heavy (non-hydrogen) atoms. The van der Waals surface area contributed by atoms with Crippen LogP contribution in [-0.2, 0) is 0 Å². The van der Waals surface area contributed by atoms with Crippen molar-refractivity contribution in [3.63, 3.8) is 0 Å². The van der Waals surface area contributed by atoms with Gasteiger partial charge in [-0.2, -0.15) is 0 Å². The van der Waals surface area contributed by atoms with Gasteiger partial charge in [0.15, 0.2) is 5.78 Å². The summed E-state index contributed by atoms with van der Waals surface area (Å²) in [5.41, 5.74) is -0.644. The fourth-order valence-corrected chi connectivity index (χ4v) is 2.12. The Morgan fingerprint density at radius 1 is 1.21 bits per heavy atom. The van der Waals surface area contributed by atoms with Crippen molar-refractivity contribution in [1.29, 1.82) is 0 Å². The van der Waals surface area contributed by atoms with Crippen LogP contribution in [0.5, 0.6) is 0 Å². The van der Waals surface area contributed by atoms with Crippen molar-refractivity contribution in [2.75, 3.05) is 0 Å². The molecule has 0 spiro atoms. The molecule has 1 N–H and O–H groups in total. The Balaban J connectivity index is 2.68. The van der Waals surface area contributed by atoms with Crippen LogP contribution in [0.25, 0.3) is 21.9 Å². The first-order chi connectivity index (χ1) is 9.09. The van der Waals surface area contributed by atoms with Crippen LogP contribution in [0.2, 0.25) is 0 Å². The first-order valence-corrected chi connectivity index (χ1v) is 5.68. The SMILES string of the molecule is CC(=O)c1c[nH]c2c(=O)oc3ccccc3c2c1=O. The molecule has 0 fully saturated rings. The number of fused-ring (bicyclic) bond motifs is 3. The predicted molar refractivity (Wildman–Crippen MR) is 70.6 cm³/mol. The van der Waals surface area contributed by atoms with E-state index in [1.54, 1.807) is 24.3 Å². The van der Waals surface area contributed by atoms with Crippen molar-refractivity contribution in [3.05, 3.63) is 56.7 Å². The van der Waals surface area contributed by atoms with Gasteiger partial charge in [-0.05, 0) is 13.0 Å². The molecule has 0 saturated heterocycles. The van der Waals surface area contributed by atoms with Gasteiger partial charge in [-0.15, -0.1) is 0 Å². The lowest BCUT2D eigenvalue weighted by molar-refractivity contribution is 0.101. The zero-order valence-electron chi connectivity index (χ0n) is 10.0. The summed E-state index contributed by atoms with van der Waals surface area (Å²) in [6.07, 6.45) is 1.25. The molecule has 0 atom stereocenters. The van der Waals surface area contributed by atoms with Crippen LogP contribution >= 0.6 is 0 Å². The second-order valence-electron chi connectivity index (χ2n) is 4.22. The molecule has 5 nitrogen and oxygen atoms in total. The maximum absolute atomic E-state index is 12.3. The van der Waals surface area contributed by atoms with Crippen LogP contribution in [0.3, 0.4) is 0 Å². The molecule has 2 aromatic heterocycles. The number of aromatic amines is 1. The smallest absolute Gasteiger partial charge is 0.360 e. The van der Waals surface area contributed by atoms with Crippen LogP contribution in [0.4, 0.5) is 0 Å². The topological polar surface area (TPSA) is 80.1 Å². The van der Waals surface area contributed by atoms with Gasteiger partial charge in [0, 0.05) is 11.6 Å². The third kappa shape index (κ3) is 1.59. The van der Waals surface area contributed by atoms with E-state index in [9.17, 15) is 14.4 Å². The highest BCUT2D eigenvalue weighted by Gasteiger charge is 2.15. The maximum Gasteiger partial charge on any atom is 0.360 e. The number of carbonyl (C=O) groups excluding carboxylic acids is 1. The molecular formula is C14H9NO4. The van der Waals surface area contributed by atoms with Crippen LogP contribution in [0.15, 0.2) is 44.5 Å². The van der Waals surface area contributed by atoms with Crippen molar-refractivity contribution >= 4 is 27.7 Å². The highest BCUT2D eigenvalue weighted by Crippen LogP contribution is 2.18. The van der Waals surface area contributed by atoms with Gasteiger partial charge in [-0.25, -0.2) is 4.79 Å². The number of ketones is 1. The van der Waals surface area contributed by atoms with Crippen molar-refractivity contribution < 1.29 is 9.21 Å². The Morgan fingerprint density at radius 3 is 2.68 bits per heavy atom. The van der Waals surface area contributed by atoms with Crippen LogP contribution in [-0.4, -0.2) is 10.8 Å². The summed E-state index contributed by atoms with van der Waals surface area (Å²) in [5, 5.41) is 0.709. The van der Waals surface area contributed by atoms with Gasteiger partial charge in [0.25, 0.3) is 0 Å². The Bertz CT molecular complexity index is 933. The molecule has 2 heterocycles. The lowest BCUT2D eigenvalue weighted by Gasteiger charge is -2.03. The molecule has 94 valence electrons. The van der Waals surface area contributed by atoms with Gasteiger partial charge in [-0.1, -0.05) is 18.2 Å². The minimum Gasteiger partial charge on any atom is -0.421 e. The standard InChI is InChI=1S/C14H9NO4/c1-7(16)9-6-15-12-11(13(9)17)8-4-2-3-5-10(8)19-14(12)18/h2-6H,1H3,(H,15,17). The van der Waals surface area contributed by atoms with E-state index in [1.807, 2.05) is 0 Å². The molecule has 0 radical (unpaired) electrons. The van der Waals surface area contributed by atoms with Crippen LogP contribution < -0.4 is 11.1 Å². The Kier molecular flexibility index (Phi) is 2.35. The molecule has 0 bridgehead atoms. The zero-order valence-corrected chi connectivity index (χ0v) is 10.0. The van der Waals surface area contributed by atoms with Gasteiger partial charge < -0.3 is 9.40 Å². The van der Waals surface area contributed by atoms with Crippen molar-refractivity contribution in [1.82, 2.24) is 4.98 Å². The minimum absolute atomic E-state index is 0.0308. The summed E-state index contributed by atoms with van der Waals surface area (Å²) in [5.74, 6) is -0.347. The lowest BCUT2D eigenvalue weighted by Crippen LogP contribution is -2.17. The second-order valence-corrected chi connectivity index (χ2v) is 4.22. The van der Waals surface area contributed by atoms with Crippen LogP contribution in [0, 0.1) is 0 Å². The van der Waals surface area contributed by atoms with Gasteiger partial charge in [0.1, 0.15) is 11.1 Å². The minimum atomic E-state index is -0.624. The summed E-state index contributed by atoms with van der Waals surface area (Å²) in [4.78, 5) is 38.2. The number of hydrogen-bond donors (Lipinski definition) is 1. The number of para-hydroxylation sites is 1. The van der Waals surface area contributed by atoms with Crippen LogP contribution in [0.1, 0.15) is 17.3 Å². The molecule has 0 amide bonds.